The summed E-state index contributed by atoms with van der Waals surface area (Å²) >= 11 is 12.3. The van der Waals surface area contributed by atoms with Crippen LogP contribution >= 0.6 is 23.2 Å². The molecular formula is C13H19Cl2N. The molecule has 0 saturated heterocycles. The van der Waals surface area contributed by atoms with E-state index >= 15 is 0 Å². The normalized spacial score (nSPS) is 13.1. The van der Waals surface area contributed by atoms with Gasteiger partial charge in [0.05, 0.1) is 0 Å². The largest absolute Gasteiger partial charge is 0.313 e. The number of nitrogens with one attached hydrogen (secondary N) is 1. The molecule has 1 rings (SSSR count). The van der Waals surface area contributed by atoms with E-state index in [1.807, 2.05) is 25.2 Å². The van der Waals surface area contributed by atoms with Crippen molar-refractivity contribution < 1.29 is 0 Å². The van der Waals surface area contributed by atoms with Crippen LogP contribution in [-0.2, 0) is 0 Å². The van der Waals surface area contributed by atoms with Gasteiger partial charge in [0.2, 0.25) is 0 Å². The van der Waals surface area contributed by atoms with Gasteiger partial charge in [-0.3, -0.25) is 0 Å². The van der Waals surface area contributed by atoms with Crippen molar-refractivity contribution in [3.63, 3.8) is 0 Å². The van der Waals surface area contributed by atoms with Gasteiger partial charge in [-0.1, -0.05) is 49.9 Å². The lowest BCUT2D eigenvalue weighted by Crippen LogP contribution is -2.24. The number of benzene rings is 1. The molecular weight excluding hydrogens is 241 g/mol. The van der Waals surface area contributed by atoms with Gasteiger partial charge >= 0.3 is 0 Å². The van der Waals surface area contributed by atoms with Crippen LogP contribution in [0.15, 0.2) is 18.2 Å². The van der Waals surface area contributed by atoms with Crippen molar-refractivity contribution in [1.82, 2.24) is 5.32 Å². The average molecular weight is 260 g/mol. The van der Waals surface area contributed by atoms with E-state index in [9.17, 15) is 0 Å². The fourth-order valence-electron chi connectivity index (χ4n) is 2.16. The highest BCUT2D eigenvalue weighted by Gasteiger charge is 2.20. The fourth-order valence-corrected chi connectivity index (χ4v) is 2.57. The highest BCUT2D eigenvalue weighted by Crippen LogP contribution is 2.33. The predicted octanol–water partition coefficient (Wildman–Crippen LogP) is 4.69. The van der Waals surface area contributed by atoms with E-state index in [0.717, 1.165) is 28.5 Å². The summed E-state index contributed by atoms with van der Waals surface area (Å²) in [6, 6.07) is 5.93. The van der Waals surface area contributed by atoms with Gasteiger partial charge in [-0.2, -0.15) is 0 Å². The highest BCUT2D eigenvalue weighted by atomic mass is 35.5. The molecule has 3 heteroatoms. The first-order valence-corrected chi connectivity index (χ1v) is 6.51. The van der Waals surface area contributed by atoms with Crippen LogP contribution in [0.2, 0.25) is 10.0 Å². The van der Waals surface area contributed by atoms with E-state index in [2.05, 4.69) is 19.2 Å². The maximum atomic E-state index is 6.23. The third-order valence-electron chi connectivity index (χ3n) is 3.12. The van der Waals surface area contributed by atoms with Gasteiger partial charge in [-0.05, 0) is 36.7 Å². The molecule has 1 aromatic rings. The molecule has 0 aliphatic rings. The smallest absolute Gasteiger partial charge is 0.0454 e. The third kappa shape index (κ3) is 3.13. The van der Waals surface area contributed by atoms with Crippen molar-refractivity contribution in [2.45, 2.75) is 32.7 Å². The SMILES string of the molecule is CCC(CC)C(NC)c1cc(Cl)ccc1Cl. The fraction of sp³-hybridized carbons (Fsp3) is 0.538. The molecule has 1 N–H and O–H groups in total. The predicted molar refractivity (Wildman–Crippen MR) is 72.3 cm³/mol. The van der Waals surface area contributed by atoms with Gasteiger partial charge < -0.3 is 5.32 Å². The molecule has 0 aliphatic carbocycles. The minimum absolute atomic E-state index is 0.279. The van der Waals surface area contributed by atoms with Crippen LogP contribution in [0.25, 0.3) is 0 Å². The Morgan fingerprint density at radius 3 is 2.31 bits per heavy atom. The van der Waals surface area contributed by atoms with E-state index in [0.29, 0.717) is 5.92 Å². The van der Waals surface area contributed by atoms with Gasteiger partial charge in [0.25, 0.3) is 0 Å². The van der Waals surface area contributed by atoms with Gasteiger partial charge in [0.1, 0.15) is 0 Å². The molecule has 1 aromatic carbocycles. The maximum absolute atomic E-state index is 6.23. The molecule has 0 bridgehead atoms. The molecule has 0 fully saturated rings. The second kappa shape index (κ2) is 6.48. The Labute approximate surface area is 108 Å². The summed E-state index contributed by atoms with van der Waals surface area (Å²) < 4.78 is 0. The molecule has 0 saturated carbocycles. The zero-order valence-electron chi connectivity index (χ0n) is 10.1. The Morgan fingerprint density at radius 2 is 1.81 bits per heavy atom. The molecule has 1 nitrogen and oxygen atoms in total. The second-order valence-electron chi connectivity index (χ2n) is 4.01. The van der Waals surface area contributed by atoms with Crippen LogP contribution in [0, 0.1) is 5.92 Å². The summed E-state index contributed by atoms with van der Waals surface area (Å²) in [6.45, 7) is 4.41. The summed E-state index contributed by atoms with van der Waals surface area (Å²) in [5.74, 6) is 0.584. The van der Waals surface area contributed by atoms with Gasteiger partial charge in [0.15, 0.2) is 0 Å². The van der Waals surface area contributed by atoms with E-state index in [4.69, 9.17) is 23.2 Å². The minimum Gasteiger partial charge on any atom is -0.313 e. The zero-order chi connectivity index (χ0) is 12.1. The van der Waals surface area contributed by atoms with E-state index in [1.165, 1.54) is 0 Å². The van der Waals surface area contributed by atoms with Crippen molar-refractivity contribution in [2.75, 3.05) is 7.05 Å². The van der Waals surface area contributed by atoms with Crippen LogP contribution in [-0.4, -0.2) is 7.05 Å². The summed E-state index contributed by atoms with van der Waals surface area (Å²) in [6.07, 6.45) is 2.26. The minimum atomic E-state index is 0.279. The summed E-state index contributed by atoms with van der Waals surface area (Å²) in [5, 5.41) is 4.87. The molecule has 1 atom stereocenters. The maximum Gasteiger partial charge on any atom is 0.0454 e. The van der Waals surface area contributed by atoms with Crippen LogP contribution in [0.5, 0.6) is 0 Å². The van der Waals surface area contributed by atoms with Crippen molar-refractivity contribution in [1.29, 1.82) is 0 Å². The third-order valence-corrected chi connectivity index (χ3v) is 3.70. The van der Waals surface area contributed by atoms with Crippen LogP contribution in [0.3, 0.4) is 0 Å². The van der Waals surface area contributed by atoms with Crippen molar-refractivity contribution in [2.24, 2.45) is 5.92 Å². The van der Waals surface area contributed by atoms with Crippen LogP contribution < -0.4 is 5.32 Å². The zero-order valence-corrected chi connectivity index (χ0v) is 11.6. The van der Waals surface area contributed by atoms with Gasteiger partial charge in [0, 0.05) is 16.1 Å². The van der Waals surface area contributed by atoms with E-state index < -0.39 is 0 Å². The lowest BCUT2D eigenvalue weighted by Gasteiger charge is -2.26. The number of hydrogen-bond acceptors (Lipinski definition) is 1. The Balaban J connectivity index is 3.06. The second-order valence-corrected chi connectivity index (χ2v) is 4.85. The molecule has 16 heavy (non-hydrogen) atoms. The van der Waals surface area contributed by atoms with E-state index in [1.54, 1.807) is 0 Å². The molecule has 0 heterocycles. The topological polar surface area (TPSA) is 12.0 Å². The lowest BCUT2D eigenvalue weighted by molar-refractivity contribution is 0.360. The molecule has 0 radical (unpaired) electrons. The number of rotatable bonds is 5. The van der Waals surface area contributed by atoms with Gasteiger partial charge in [-0.15, -0.1) is 0 Å². The van der Waals surface area contributed by atoms with Gasteiger partial charge in [-0.25, -0.2) is 0 Å². The molecule has 90 valence electrons. The number of halogens is 2. The Bertz CT molecular complexity index is 335. The van der Waals surface area contributed by atoms with Crippen LogP contribution in [0.1, 0.15) is 38.3 Å². The Morgan fingerprint density at radius 1 is 1.19 bits per heavy atom. The Kier molecular flexibility index (Phi) is 5.60. The first-order valence-electron chi connectivity index (χ1n) is 5.76. The molecule has 0 amide bonds. The van der Waals surface area contributed by atoms with Crippen molar-refractivity contribution in [3.8, 4) is 0 Å². The first kappa shape index (κ1) is 13.8. The van der Waals surface area contributed by atoms with Crippen molar-refractivity contribution in [3.05, 3.63) is 33.8 Å². The quantitative estimate of drug-likeness (QED) is 0.809. The van der Waals surface area contributed by atoms with Crippen molar-refractivity contribution >= 4 is 23.2 Å². The first-order chi connectivity index (χ1) is 7.63. The van der Waals surface area contributed by atoms with Crippen LogP contribution in [0.4, 0.5) is 0 Å². The molecule has 0 aromatic heterocycles. The summed E-state index contributed by atoms with van der Waals surface area (Å²) in [5.41, 5.74) is 1.10. The summed E-state index contributed by atoms with van der Waals surface area (Å²) in [4.78, 5) is 0. The van der Waals surface area contributed by atoms with E-state index in [-0.39, 0.29) is 6.04 Å². The lowest BCUT2D eigenvalue weighted by atomic mass is 9.89. The average Bonchev–Trinajstić information content (AvgIpc) is 2.29. The number of hydrogen-bond donors (Lipinski definition) is 1. The highest BCUT2D eigenvalue weighted by molar-refractivity contribution is 6.33. The Hall–Kier alpha value is -0.240. The molecule has 0 aliphatic heterocycles. The standard InChI is InChI=1S/C13H19Cl2N/c1-4-9(5-2)13(16-3)11-8-10(14)6-7-12(11)15/h6-9,13,16H,4-5H2,1-3H3. The molecule has 0 spiro atoms. The monoisotopic (exact) mass is 259 g/mol. The summed E-state index contributed by atoms with van der Waals surface area (Å²) in [7, 11) is 1.97. The molecule has 1 unspecified atom stereocenters.